The number of nitrogens with zero attached hydrogens (tertiary/aromatic N) is 3. The molecular weight excluding hydrogens is 330 g/mol. The van der Waals surface area contributed by atoms with Crippen LogP contribution in [0.3, 0.4) is 0 Å². The standard InChI is InChI=1S/C20H21N3O3/c1-24-15-4-6-19(25-2)16(12-15)14-3-5-17-18(11-14)22-20(13-21-17)23-7-9-26-10-8-23/h3-6,11-13H,7-10H2,1-2H3. The van der Waals surface area contributed by atoms with Gasteiger partial charge in [0.15, 0.2) is 0 Å². The molecular formula is C20H21N3O3. The summed E-state index contributed by atoms with van der Waals surface area (Å²) in [6.07, 6.45) is 1.83. The molecule has 0 amide bonds. The summed E-state index contributed by atoms with van der Waals surface area (Å²) in [5.41, 5.74) is 3.71. The summed E-state index contributed by atoms with van der Waals surface area (Å²) < 4.78 is 16.3. The van der Waals surface area contributed by atoms with Gasteiger partial charge in [0.2, 0.25) is 0 Å². The Balaban J connectivity index is 1.77. The first-order valence-corrected chi connectivity index (χ1v) is 8.60. The van der Waals surface area contributed by atoms with Gasteiger partial charge in [-0.05, 0) is 35.9 Å². The molecule has 0 saturated carbocycles. The molecule has 2 aromatic carbocycles. The maximum atomic E-state index is 5.52. The molecule has 1 aromatic heterocycles. The molecule has 4 rings (SSSR count). The van der Waals surface area contributed by atoms with Gasteiger partial charge in [0.25, 0.3) is 0 Å². The van der Waals surface area contributed by atoms with Crippen LogP contribution in [0.2, 0.25) is 0 Å². The minimum Gasteiger partial charge on any atom is -0.497 e. The molecule has 0 spiro atoms. The van der Waals surface area contributed by atoms with E-state index < -0.39 is 0 Å². The lowest BCUT2D eigenvalue weighted by Gasteiger charge is -2.27. The van der Waals surface area contributed by atoms with Gasteiger partial charge in [-0.2, -0.15) is 0 Å². The van der Waals surface area contributed by atoms with E-state index in [1.165, 1.54) is 0 Å². The Morgan fingerprint density at radius 2 is 1.81 bits per heavy atom. The molecule has 0 aliphatic carbocycles. The summed E-state index contributed by atoms with van der Waals surface area (Å²) >= 11 is 0. The van der Waals surface area contributed by atoms with Crippen LogP contribution in [0.5, 0.6) is 11.5 Å². The molecule has 26 heavy (non-hydrogen) atoms. The molecule has 1 saturated heterocycles. The number of fused-ring (bicyclic) bond motifs is 1. The van der Waals surface area contributed by atoms with Gasteiger partial charge in [0, 0.05) is 18.7 Å². The Morgan fingerprint density at radius 3 is 2.58 bits per heavy atom. The zero-order valence-electron chi connectivity index (χ0n) is 14.9. The summed E-state index contributed by atoms with van der Waals surface area (Å²) in [5, 5.41) is 0. The number of anilines is 1. The summed E-state index contributed by atoms with van der Waals surface area (Å²) in [6.45, 7) is 3.12. The third-order valence-electron chi connectivity index (χ3n) is 4.58. The third-order valence-corrected chi connectivity index (χ3v) is 4.58. The molecule has 134 valence electrons. The van der Waals surface area contributed by atoms with E-state index in [1.54, 1.807) is 14.2 Å². The van der Waals surface area contributed by atoms with Crippen molar-refractivity contribution in [1.82, 2.24) is 9.97 Å². The molecule has 6 nitrogen and oxygen atoms in total. The first-order chi connectivity index (χ1) is 12.8. The van der Waals surface area contributed by atoms with E-state index in [0.29, 0.717) is 0 Å². The molecule has 0 radical (unpaired) electrons. The second kappa shape index (κ2) is 7.17. The Labute approximate surface area is 152 Å². The molecule has 1 aliphatic rings. The summed E-state index contributed by atoms with van der Waals surface area (Å²) in [7, 11) is 3.33. The van der Waals surface area contributed by atoms with E-state index >= 15 is 0 Å². The van der Waals surface area contributed by atoms with Crippen molar-refractivity contribution in [3.8, 4) is 22.6 Å². The van der Waals surface area contributed by atoms with Gasteiger partial charge in [-0.25, -0.2) is 4.98 Å². The number of hydrogen-bond donors (Lipinski definition) is 0. The van der Waals surface area contributed by atoms with Crippen molar-refractivity contribution in [2.24, 2.45) is 0 Å². The lowest BCUT2D eigenvalue weighted by molar-refractivity contribution is 0.122. The fraction of sp³-hybridized carbons (Fsp3) is 0.300. The lowest BCUT2D eigenvalue weighted by Crippen LogP contribution is -2.36. The summed E-state index contributed by atoms with van der Waals surface area (Å²) in [5.74, 6) is 2.46. The van der Waals surface area contributed by atoms with E-state index in [-0.39, 0.29) is 0 Å². The van der Waals surface area contributed by atoms with Gasteiger partial charge in [-0.1, -0.05) is 6.07 Å². The molecule has 1 fully saturated rings. The predicted octanol–water partition coefficient (Wildman–Crippen LogP) is 3.15. The second-order valence-corrected chi connectivity index (χ2v) is 6.10. The van der Waals surface area contributed by atoms with Gasteiger partial charge in [0.05, 0.1) is 44.7 Å². The van der Waals surface area contributed by atoms with E-state index in [1.807, 2.05) is 42.6 Å². The first-order valence-electron chi connectivity index (χ1n) is 8.60. The van der Waals surface area contributed by atoms with Crippen molar-refractivity contribution in [3.63, 3.8) is 0 Å². The summed E-state index contributed by atoms with van der Waals surface area (Å²) in [4.78, 5) is 11.6. The molecule has 0 unspecified atom stereocenters. The fourth-order valence-corrected chi connectivity index (χ4v) is 3.15. The van der Waals surface area contributed by atoms with Gasteiger partial charge < -0.3 is 19.1 Å². The number of methoxy groups -OCH3 is 2. The quantitative estimate of drug-likeness (QED) is 0.720. The molecule has 3 aromatic rings. The Bertz CT molecular complexity index is 923. The average molecular weight is 351 g/mol. The Hall–Kier alpha value is -2.86. The van der Waals surface area contributed by atoms with Crippen molar-refractivity contribution >= 4 is 16.9 Å². The smallest absolute Gasteiger partial charge is 0.148 e. The van der Waals surface area contributed by atoms with Crippen molar-refractivity contribution in [2.75, 3.05) is 45.4 Å². The Kier molecular flexibility index (Phi) is 4.58. The van der Waals surface area contributed by atoms with Crippen LogP contribution in [0.25, 0.3) is 22.2 Å². The third kappa shape index (κ3) is 3.15. The SMILES string of the molecule is COc1ccc(OC)c(-c2ccc3ncc(N4CCOCC4)nc3c2)c1. The lowest BCUT2D eigenvalue weighted by atomic mass is 10.0. The number of ether oxygens (including phenoxy) is 3. The highest BCUT2D eigenvalue weighted by molar-refractivity contribution is 5.84. The number of morpholine rings is 1. The highest BCUT2D eigenvalue weighted by Gasteiger charge is 2.14. The molecule has 0 N–H and O–H groups in total. The van der Waals surface area contributed by atoms with Crippen molar-refractivity contribution in [1.29, 1.82) is 0 Å². The molecule has 0 atom stereocenters. The zero-order chi connectivity index (χ0) is 17.9. The molecule has 0 bridgehead atoms. The predicted molar refractivity (Wildman–Crippen MR) is 101 cm³/mol. The molecule has 6 heteroatoms. The van der Waals surface area contributed by atoms with Gasteiger partial charge in [0.1, 0.15) is 17.3 Å². The maximum absolute atomic E-state index is 5.52. The van der Waals surface area contributed by atoms with Crippen LogP contribution in [0.1, 0.15) is 0 Å². The molecule has 1 aliphatic heterocycles. The van der Waals surface area contributed by atoms with Crippen LogP contribution in [0.4, 0.5) is 5.82 Å². The monoisotopic (exact) mass is 351 g/mol. The maximum Gasteiger partial charge on any atom is 0.148 e. The zero-order valence-corrected chi connectivity index (χ0v) is 14.9. The summed E-state index contributed by atoms with van der Waals surface area (Å²) in [6, 6.07) is 11.8. The number of hydrogen-bond acceptors (Lipinski definition) is 6. The van der Waals surface area contributed by atoms with Crippen molar-refractivity contribution < 1.29 is 14.2 Å². The normalized spacial score (nSPS) is 14.5. The highest BCUT2D eigenvalue weighted by Crippen LogP contribution is 2.34. The van der Waals surface area contributed by atoms with Crippen molar-refractivity contribution in [2.45, 2.75) is 0 Å². The second-order valence-electron chi connectivity index (χ2n) is 6.10. The van der Waals surface area contributed by atoms with E-state index in [0.717, 1.165) is 65.8 Å². The number of benzene rings is 2. The van der Waals surface area contributed by atoms with E-state index in [9.17, 15) is 0 Å². The number of rotatable bonds is 4. The molecule has 2 heterocycles. The highest BCUT2D eigenvalue weighted by atomic mass is 16.5. The average Bonchev–Trinajstić information content (AvgIpc) is 2.73. The minimum absolute atomic E-state index is 0.723. The topological polar surface area (TPSA) is 56.7 Å². The first kappa shape index (κ1) is 16.6. The number of aromatic nitrogens is 2. The fourth-order valence-electron chi connectivity index (χ4n) is 3.15. The van der Waals surface area contributed by atoms with Crippen LogP contribution in [-0.2, 0) is 4.74 Å². The van der Waals surface area contributed by atoms with Crippen LogP contribution in [0.15, 0.2) is 42.6 Å². The van der Waals surface area contributed by atoms with Gasteiger partial charge in [-0.3, -0.25) is 4.98 Å². The van der Waals surface area contributed by atoms with Crippen LogP contribution >= 0.6 is 0 Å². The largest absolute Gasteiger partial charge is 0.497 e. The minimum atomic E-state index is 0.723. The van der Waals surface area contributed by atoms with E-state index in [2.05, 4.69) is 9.88 Å². The Morgan fingerprint density at radius 1 is 0.962 bits per heavy atom. The van der Waals surface area contributed by atoms with Gasteiger partial charge in [-0.15, -0.1) is 0 Å². The van der Waals surface area contributed by atoms with Crippen LogP contribution < -0.4 is 14.4 Å². The van der Waals surface area contributed by atoms with E-state index in [4.69, 9.17) is 19.2 Å². The van der Waals surface area contributed by atoms with Crippen LogP contribution in [-0.4, -0.2) is 50.5 Å². The van der Waals surface area contributed by atoms with Gasteiger partial charge >= 0.3 is 0 Å². The van der Waals surface area contributed by atoms with Crippen LogP contribution in [0, 0.1) is 0 Å². The van der Waals surface area contributed by atoms with Crippen molar-refractivity contribution in [3.05, 3.63) is 42.6 Å².